The highest BCUT2D eigenvalue weighted by Crippen LogP contribution is 2.26. The van der Waals surface area contributed by atoms with E-state index in [0.29, 0.717) is 16.9 Å². The number of nitrogens with zero attached hydrogens (tertiary/aromatic N) is 5. The number of Topliss-reactive ketones (excluding diaryl/α,β-unsaturated/α-hetero) is 1. The molecule has 0 N–H and O–H groups in total. The van der Waals surface area contributed by atoms with Crippen molar-refractivity contribution in [3.63, 3.8) is 0 Å². The number of hydrogen-bond acceptors (Lipinski definition) is 5. The zero-order chi connectivity index (χ0) is 20.5. The monoisotopic (exact) mass is 389 g/mol. The molecule has 3 aromatic rings. The average Bonchev–Trinajstić information content (AvgIpc) is 3.18. The molecule has 0 saturated heterocycles. The van der Waals surface area contributed by atoms with Gasteiger partial charge in [0.25, 0.3) is 5.82 Å². The van der Waals surface area contributed by atoms with Crippen molar-refractivity contribution >= 4 is 5.78 Å². The summed E-state index contributed by atoms with van der Waals surface area (Å²) in [6, 6.07) is 8.86. The van der Waals surface area contributed by atoms with Gasteiger partial charge >= 0.3 is 6.36 Å². The number of ketones is 1. The van der Waals surface area contributed by atoms with Gasteiger partial charge in [0.1, 0.15) is 24.7 Å². The van der Waals surface area contributed by atoms with E-state index in [1.807, 2.05) is 0 Å². The zero-order valence-corrected chi connectivity index (χ0v) is 14.9. The average molecular weight is 389 g/mol. The van der Waals surface area contributed by atoms with Crippen molar-refractivity contribution in [1.82, 2.24) is 19.3 Å². The van der Waals surface area contributed by atoms with Gasteiger partial charge in [0, 0.05) is 22.6 Å². The van der Waals surface area contributed by atoms with Crippen LogP contribution in [0.4, 0.5) is 13.2 Å². The Kier molecular flexibility index (Phi) is 4.92. The maximum absolute atomic E-state index is 12.6. The van der Waals surface area contributed by atoms with Crippen molar-refractivity contribution in [3.8, 4) is 17.5 Å². The molecule has 0 aliphatic rings. The first-order valence-corrected chi connectivity index (χ1v) is 8.06. The summed E-state index contributed by atoms with van der Waals surface area (Å²) in [5.74, 6) is -0.584. The van der Waals surface area contributed by atoms with Crippen LogP contribution in [0.15, 0.2) is 36.7 Å². The summed E-state index contributed by atoms with van der Waals surface area (Å²) < 4.78 is 43.8. The predicted octanol–water partition coefficient (Wildman–Crippen LogP) is 3.34. The number of ether oxygens (including phenoxy) is 1. The molecular weight excluding hydrogens is 375 g/mol. The van der Waals surface area contributed by atoms with Gasteiger partial charge in [-0.05, 0) is 44.2 Å². The van der Waals surface area contributed by atoms with Crippen LogP contribution in [0.3, 0.4) is 0 Å². The smallest absolute Gasteiger partial charge is 0.406 e. The van der Waals surface area contributed by atoms with Crippen molar-refractivity contribution in [3.05, 3.63) is 59.4 Å². The summed E-state index contributed by atoms with van der Waals surface area (Å²) in [6.45, 7) is 3.44. The fourth-order valence-electron chi connectivity index (χ4n) is 2.89. The van der Waals surface area contributed by atoms with E-state index in [-0.39, 0.29) is 23.9 Å². The van der Waals surface area contributed by atoms with Gasteiger partial charge < -0.3 is 9.30 Å². The number of benzene rings is 1. The van der Waals surface area contributed by atoms with E-state index in [2.05, 4.69) is 14.8 Å². The molecule has 0 bridgehead atoms. The minimum absolute atomic E-state index is 0.0283. The Labute approximate surface area is 157 Å². The molecular formula is C18H14F3N5O2. The number of carbonyl (C=O) groups is 1. The fraction of sp³-hybridized carbons (Fsp3) is 0.222. The van der Waals surface area contributed by atoms with Crippen molar-refractivity contribution < 1.29 is 22.7 Å². The van der Waals surface area contributed by atoms with Crippen LogP contribution in [0, 0.1) is 25.2 Å². The molecule has 0 amide bonds. The van der Waals surface area contributed by atoms with E-state index in [4.69, 9.17) is 5.26 Å². The highest BCUT2D eigenvalue weighted by molar-refractivity contribution is 5.97. The lowest BCUT2D eigenvalue weighted by Gasteiger charge is -2.12. The molecule has 0 aliphatic heterocycles. The second-order valence-corrected chi connectivity index (χ2v) is 5.96. The van der Waals surface area contributed by atoms with Crippen LogP contribution in [0.5, 0.6) is 5.75 Å². The topological polar surface area (TPSA) is 85.7 Å². The molecule has 2 aromatic heterocycles. The quantitative estimate of drug-likeness (QED) is 0.625. The third-order valence-electron chi connectivity index (χ3n) is 4.00. The van der Waals surface area contributed by atoms with E-state index >= 15 is 0 Å². The van der Waals surface area contributed by atoms with Crippen LogP contribution in [-0.2, 0) is 6.54 Å². The maximum atomic E-state index is 12.6. The molecule has 0 saturated carbocycles. The van der Waals surface area contributed by atoms with E-state index < -0.39 is 6.36 Å². The maximum Gasteiger partial charge on any atom is 0.573 e. The Morgan fingerprint density at radius 2 is 1.93 bits per heavy atom. The molecule has 3 rings (SSSR count). The molecule has 0 radical (unpaired) electrons. The minimum atomic E-state index is -4.76. The second kappa shape index (κ2) is 7.19. The first-order chi connectivity index (χ1) is 13.2. The standard InChI is InChI=1S/C18H14F3N5O2/c1-11-7-15(16(27)9-25-10-23-17(8-22)24-25)12(2)26(11)13-3-5-14(6-4-13)28-18(19,20)21/h3-7,10H,9H2,1-2H3. The normalized spacial score (nSPS) is 11.3. The van der Waals surface area contributed by atoms with Crippen molar-refractivity contribution in [2.24, 2.45) is 0 Å². The Hall–Kier alpha value is -3.61. The third-order valence-corrected chi connectivity index (χ3v) is 4.00. The molecule has 0 atom stereocenters. The van der Waals surface area contributed by atoms with E-state index in [1.54, 1.807) is 30.6 Å². The van der Waals surface area contributed by atoms with Gasteiger partial charge in [-0.15, -0.1) is 18.3 Å². The highest BCUT2D eigenvalue weighted by Gasteiger charge is 2.31. The lowest BCUT2D eigenvalue weighted by Crippen LogP contribution is -2.17. The number of rotatable bonds is 5. The van der Waals surface area contributed by atoms with Gasteiger partial charge in [0.2, 0.25) is 0 Å². The molecule has 2 heterocycles. The Morgan fingerprint density at radius 1 is 1.25 bits per heavy atom. The number of alkyl halides is 3. The summed E-state index contributed by atoms with van der Waals surface area (Å²) in [7, 11) is 0. The van der Waals surface area contributed by atoms with Crippen LogP contribution in [0.2, 0.25) is 0 Å². The molecule has 0 aliphatic carbocycles. The van der Waals surface area contributed by atoms with Gasteiger partial charge in [-0.2, -0.15) is 5.26 Å². The summed E-state index contributed by atoms with van der Waals surface area (Å²) in [4.78, 5) is 16.4. The van der Waals surface area contributed by atoms with Crippen molar-refractivity contribution in [1.29, 1.82) is 5.26 Å². The molecule has 1 aromatic carbocycles. The van der Waals surface area contributed by atoms with Gasteiger partial charge in [-0.25, -0.2) is 9.67 Å². The van der Waals surface area contributed by atoms with E-state index in [0.717, 1.165) is 5.69 Å². The largest absolute Gasteiger partial charge is 0.573 e. The molecule has 0 fully saturated rings. The van der Waals surface area contributed by atoms with Gasteiger partial charge in [0.05, 0.1) is 0 Å². The number of aryl methyl sites for hydroxylation is 1. The Bertz CT molecular complexity index is 1060. The number of nitriles is 1. The summed E-state index contributed by atoms with van der Waals surface area (Å²) in [5.41, 5.74) is 2.41. The number of aromatic nitrogens is 4. The summed E-state index contributed by atoms with van der Waals surface area (Å²) in [6.07, 6.45) is -3.46. The third kappa shape index (κ3) is 4.03. The first-order valence-electron chi connectivity index (χ1n) is 8.06. The lowest BCUT2D eigenvalue weighted by atomic mass is 10.1. The summed E-state index contributed by atoms with van der Waals surface area (Å²) >= 11 is 0. The second-order valence-electron chi connectivity index (χ2n) is 5.96. The summed E-state index contributed by atoms with van der Waals surface area (Å²) in [5, 5.41) is 12.6. The molecule has 7 nitrogen and oxygen atoms in total. The van der Waals surface area contributed by atoms with E-state index in [9.17, 15) is 18.0 Å². The van der Waals surface area contributed by atoms with Crippen LogP contribution in [-0.4, -0.2) is 31.5 Å². The van der Waals surface area contributed by atoms with Gasteiger partial charge in [-0.1, -0.05) is 0 Å². The first kappa shape index (κ1) is 19.2. The predicted molar refractivity (Wildman–Crippen MR) is 91.0 cm³/mol. The number of carbonyl (C=O) groups excluding carboxylic acids is 1. The van der Waals surface area contributed by atoms with Crippen LogP contribution in [0.1, 0.15) is 27.6 Å². The van der Waals surface area contributed by atoms with Gasteiger partial charge in [-0.3, -0.25) is 4.79 Å². The van der Waals surface area contributed by atoms with E-state index in [1.165, 1.54) is 35.3 Å². The number of hydrogen-bond donors (Lipinski definition) is 0. The molecule has 10 heteroatoms. The van der Waals surface area contributed by atoms with Crippen molar-refractivity contribution in [2.75, 3.05) is 0 Å². The SMILES string of the molecule is Cc1cc(C(=O)Cn2cnc(C#N)n2)c(C)n1-c1ccc(OC(F)(F)F)cc1. The molecule has 0 spiro atoms. The van der Waals surface area contributed by atoms with Crippen molar-refractivity contribution in [2.45, 2.75) is 26.8 Å². The molecule has 144 valence electrons. The fourth-order valence-corrected chi connectivity index (χ4v) is 2.89. The van der Waals surface area contributed by atoms with Gasteiger partial charge in [0.15, 0.2) is 5.78 Å². The highest BCUT2D eigenvalue weighted by atomic mass is 19.4. The Balaban J connectivity index is 1.85. The molecule has 0 unspecified atom stereocenters. The van der Waals surface area contributed by atoms with Crippen LogP contribution in [0.25, 0.3) is 5.69 Å². The number of halogens is 3. The lowest BCUT2D eigenvalue weighted by molar-refractivity contribution is -0.274. The van der Waals surface area contributed by atoms with Crippen LogP contribution < -0.4 is 4.74 Å². The Morgan fingerprint density at radius 3 is 2.50 bits per heavy atom. The van der Waals surface area contributed by atoms with Crippen LogP contribution >= 0.6 is 0 Å². The zero-order valence-electron chi connectivity index (χ0n) is 14.9. The minimum Gasteiger partial charge on any atom is -0.406 e. The molecule has 28 heavy (non-hydrogen) atoms.